The third-order valence-electron chi connectivity index (χ3n) is 4.84. The molecule has 0 aliphatic heterocycles. The van der Waals surface area contributed by atoms with Gasteiger partial charge in [-0.25, -0.2) is 4.68 Å². The smallest absolute Gasteiger partial charge is 0.255 e. The molecule has 0 spiro atoms. The molecule has 0 saturated heterocycles. The van der Waals surface area contributed by atoms with Crippen LogP contribution in [0.4, 0.5) is 0 Å². The van der Waals surface area contributed by atoms with Gasteiger partial charge in [-0.15, -0.1) is 0 Å². The fraction of sp³-hybridized carbons (Fsp3) is 0.200. The number of carbonyl (C=O) groups is 1. The molecule has 1 amide bonds. The van der Waals surface area contributed by atoms with Crippen molar-refractivity contribution in [3.05, 3.63) is 81.6 Å². The Morgan fingerprint density at radius 2 is 1.96 bits per heavy atom. The van der Waals surface area contributed by atoms with Crippen molar-refractivity contribution < 1.29 is 9.90 Å². The van der Waals surface area contributed by atoms with Gasteiger partial charge in [-0.2, -0.15) is 5.10 Å². The third-order valence-corrected chi connectivity index (χ3v) is 5.37. The van der Waals surface area contributed by atoms with Crippen LogP contribution in [0, 0.1) is 6.92 Å². The monoisotopic (exact) mass is 411 g/mol. The molecule has 26 heavy (non-hydrogen) atoms. The molecule has 0 unspecified atom stereocenters. The van der Waals surface area contributed by atoms with Crippen LogP contribution < -0.4 is 5.32 Å². The molecule has 6 heteroatoms. The molecular weight excluding hydrogens is 394 g/mol. The number of aliphatic hydroxyl groups is 1. The van der Waals surface area contributed by atoms with Crippen LogP contribution in [-0.4, -0.2) is 26.8 Å². The number of hydrogen-bond acceptors (Lipinski definition) is 3. The van der Waals surface area contributed by atoms with Crippen molar-refractivity contribution in [3.8, 4) is 5.69 Å². The lowest BCUT2D eigenvalue weighted by Crippen LogP contribution is -2.38. The highest BCUT2D eigenvalue weighted by Gasteiger charge is 2.32. The van der Waals surface area contributed by atoms with Crippen molar-refractivity contribution in [1.29, 1.82) is 0 Å². The van der Waals surface area contributed by atoms with E-state index in [1.165, 1.54) is 0 Å². The van der Waals surface area contributed by atoms with Gasteiger partial charge in [0.2, 0.25) is 0 Å². The zero-order valence-electron chi connectivity index (χ0n) is 14.2. The van der Waals surface area contributed by atoms with E-state index < -0.39 is 6.10 Å². The number of nitrogens with one attached hydrogen (secondary N) is 1. The summed E-state index contributed by atoms with van der Waals surface area (Å²) in [5.74, 6) is -0.220. The molecule has 0 fully saturated rings. The van der Waals surface area contributed by atoms with Crippen LogP contribution in [0.2, 0.25) is 0 Å². The molecule has 4 rings (SSSR count). The topological polar surface area (TPSA) is 67.2 Å². The van der Waals surface area contributed by atoms with Crippen LogP contribution in [0.15, 0.2) is 59.2 Å². The van der Waals surface area contributed by atoms with E-state index in [0.717, 1.165) is 27.0 Å². The van der Waals surface area contributed by atoms with E-state index in [1.54, 1.807) is 10.9 Å². The fourth-order valence-electron chi connectivity index (χ4n) is 3.43. The van der Waals surface area contributed by atoms with E-state index in [2.05, 4.69) is 26.3 Å². The lowest BCUT2D eigenvalue weighted by molar-refractivity contribution is 0.0858. The maximum atomic E-state index is 12.7. The molecule has 2 atom stereocenters. The number of fused-ring (bicyclic) bond motifs is 1. The standard InChI is InChI=1S/C20H18BrN3O2/c1-12-17(11-22-24(12)15-8-6-14(21)7-9-15)20(26)23-18-10-13-4-2-3-5-16(13)19(18)25/h2-9,11,18-19,25H,10H2,1H3,(H,23,26)/t18-,19+/m1/s1. The summed E-state index contributed by atoms with van der Waals surface area (Å²) < 4.78 is 2.72. The molecule has 1 aromatic heterocycles. The Morgan fingerprint density at radius 1 is 1.23 bits per heavy atom. The van der Waals surface area contributed by atoms with E-state index >= 15 is 0 Å². The van der Waals surface area contributed by atoms with Gasteiger partial charge in [0.1, 0.15) is 0 Å². The Hall–Kier alpha value is -2.44. The van der Waals surface area contributed by atoms with Crippen LogP contribution in [0.3, 0.4) is 0 Å². The van der Waals surface area contributed by atoms with Crippen LogP contribution in [0.5, 0.6) is 0 Å². The van der Waals surface area contributed by atoms with E-state index in [9.17, 15) is 9.90 Å². The quantitative estimate of drug-likeness (QED) is 0.694. The van der Waals surface area contributed by atoms with Gasteiger partial charge in [0.15, 0.2) is 0 Å². The Balaban J connectivity index is 1.54. The van der Waals surface area contributed by atoms with E-state index in [4.69, 9.17) is 0 Å². The molecule has 2 N–H and O–H groups in total. The van der Waals surface area contributed by atoms with Crippen LogP contribution >= 0.6 is 15.9 Å². The summed E-state index contributed by atoms with van der Waals surface area (Å²) in [6, 6.07) is 15.2. The van der Waals surface area contributed by atoms with Crippen molar-refractivity contribution in [3.63, 3.8) is 0 Å². The van der Waals surface area contributed by atoms with Gasteiger partial charge in [0, 0.05) is 4.47 Å². The summed E-state index contributed by atoms with van der Waals surface area (Å²) in [6.45, 7) is 1.86. The number of hydrogen-bond donors (Lipinski definition) is 2. The highest BCUT2D eigenvalue weighted by Crippen LogP contribution is 2.31. The van der Waals surface area contributed by atoms with Gasteiger partial charge >= 0.3 is 0 Å². The number of aromatic nitrogens is 2. The van der Waals surface area contributed by atoms with Crippen molar-refractivity contribution in [2.45, 2.75) is 25.5 Å². The predicted octanol–water partition coefficient (Wildman–Crippen LogP) is 3.33. The van der Waals surface area contributed by atoms with Crippen molar-refractivity contribution in [2.75, 3.05) is 0 Å². The van der Waals surface area contributed by atoms with E-state index in [0.29, 0.717) is 12.0 Å². The second-order valence-corrected chi connectivity index (χ2v) is 7.38. The molecule has 5 nitrogen and oxygen atoms in total. The van der Waals surface area contributed by atoms with Crippen molar-refractivity contribution in [2.24, 2.45) is 0 Å². The molecule has 132 valence electrons. The first kappa shape index (κ1) is 17.0. The normalized spacial score (nSPS) is 18.6. The maximum Gasteiger partial charge on any atom is 0.255 e. The van der Waals surface area contributed by atoms with Gasteiger partial charge in [-0.05, 0) is 48.7 Å². The summed E-state index contributed by atoms with van der Waals surface area (Å²) in [7, 11) is 0. The SMILES string of the molecule is Cc1c(C(=O)N[C@@H]2Cc3ccccc3[C@@H]2O)cnn1-c1ccc(Br)cc1. The first-order valence-corrected chi connectivity index (χ1v) is 9.21. The summed E-state index contributed by atoms with van der Waals surface area (Å²) >= 11 is 3.41. The van der Waals surface area contributed by atoms with Crippen LogP contribution in [0.25, 0.3) is 5.69 Å². The number of halogens is 1. The van der Waals surface area contributed by atoms with E-state index in [-0.39, 0.29) is 11.9 Å². The third kappa shape index (κ3) is 2.95. The summed E-state index contributed by atoms with van der Waals surface area (Å²) in [5, 5.41) is 17.8. The lowest BCUT2D eigenvalue weighted by atomic mass is 10.1. The first-order valence-electron chi connectivity index (χ1n) is 8.42. The molecule has 1 aliphatic rings. The Morgan fingerprint density at radius 3 is 2.69 bits per heavy atom. The van der Waals surface area contributed by atoms with Gasteiger partial charge in [-0.1, -0.05) is 40.2 Å². The zero-order valence-corrected chi connectivity index (χ0v) is 15.8. The lowest BCUT2D eigenvalue weighted by Gasteiger charge is -2.17. The number of rotatable bonds is 3. The van der Waals surface area contributed by atoms with Gasteiger partial charge in [0.25, 0.3) is 5.91 Å². The maximum absolute atomic E-state index is 12.7. The second kappa shape index (κ2) is 6.70. The van der Waals surface area contributed by atoms with Crippen molar-refractivity contribution in [1.82, 2.24) is 15.1 Å². The Labute approximate surface area is 159 Å². The predicted molar refractivity (Wildman–Crippen MR) is 102 cm³/mol. The largest absolute Gasteiger partial charge is 0.386 e. The molecule has 0 saturated carbocycles. The number of benzene rings is 2. The first-order chi connectivity index (χ1) is 12.5. The van der Waals surface area contributed by atoms with Gasteiger partial charge < -0.3 is 10.4 Å². The minimum Gasteiger partial charge on any atom is -0.386 e. The molecule has 0 bridgehead atoms. The molecule has 2 aromatic carbocycles. The van der Waals surface area contributed by atoms with Crippen LogP contribution in [-0.2, 0) is 6.42 Å². The second-order valence-electron chi connectivity index (χ2n) is 6.46. The summed E-state index contributed by atoms with van der Waals surface area (Å²) in [6.07, 6.45) is 1.52. The highest BCUT2D eigenvalue weighted by atomic mass is 79.9. The number of aliphatic hydroxyl groups excluding tert-OH is 1. The molecule has 3 aromatic rings. The Bertz CT molecular complexity index is 965. The highest BCUT2D eigenvalue weighted by molar-refractivity contribution is 9.10. The summed E-state index contributed by atoms with van der Waals surface area (Å²) in [5.41, 5.74) is 4.12. The zero-order chi connectivity index (χ0) is 18.3. The average molecular weight is 412 g/mol. The number of amides is 1. The fourth-order valence-corrected chi connectivity index (χ4v) is 3.69. The van der Waals surface area contributed by atoms with Crippen molar-refractivity contribution >= 4 is 21.8 Å². The minimum absolute atomic E-state index is 0.220. The molecule has 1 aliphatic carbocycles. The van der Waals surface area contributed by atoms with Crippen LogP contribution in [0.1, 0.15) is 33.3 Å². The van der Waals surface area contributed by atoms with Gasteiger partial charge in [-0.3, -0.25) is 4.79 Å². The summed E-state index contributed by atoms with van der Waals surface area (Å²) in [4.78, 5) is 12.7. The minimum atomic E-state index is -0.683. The molecular formula is C20H18BrN3O2. The van der Waals surface area contributed by atoms with Gasteiger partial charge in [0.05, 0.1) is 35.3 Å². The molecule has 1 heterocycles. The van der Waals surface area contributed by atoms with E-state index in [1.807, 2.05) is 55.5 Å². The number of carbonyl (C=O) groups excluding carboxylic acids is 1. The molecule has 0 radical (unpaired) electrons. The Kier molecular flexibility index (Phi) is 4.38. The average Bonchev–Trinajstić information content (AvgIpc) is 3.17. The number of nitrogens with zero attached hydrogens (tertiary/aromatic N) is 2.